The van der Waals surface area contributed by atoms with Gasteiger partial charge in [-0.3, -0.25) is 14.4 Å². The van der Waals surface area contributed by atoms with Gasteiger partial charge in [0, 0.05) is 22.7 Å². The van der Waals surface area contributed by atoms with Crippen LogP contribution in [0.1, 0.15) is 47.4 Å². The third-order valence-corrected chi connectivity index (χ3v) is 8.87. The fourth-order valence-electron chi connectivity index (χ4n) is 6.55. The van der Waals surface area contributed by atoms with Crippen molar-refractivity contribution in [1.29, 1.82) is 0 Å². The van der Waals surface area contributed by atoms with Gasteiger partial charge >= 0.3 is 0 Å². The van der Waals surface area contributed by atoms with E-state index in [0.717, 1.165) is 11.3 Å². The molecule has 3 aliphatic rings. The molecule has 1 fully saturated rings. The van der Waals surface area contributed by atoms with E-state index < -0.39 is 29.2 Å². The van der Waals surface area contributed by atoms with Gasteiger partial charge in [0.1, 0.15) is 17.3 Å². The summed E-state index contributed by atoms with van der Waals surface area (Å²) in [4.78, 5) is 45.6. The number of anilines is 1. The highest BCUT2D eigenvalue weighted by molar-refractivity contribution is 7.12. The van der Waals surface area contributed by atoms with Crippen LogP contribution in [0, 0.1) is 11.2 Å². The summed E-state index contributed by atoms with van der Waals surface area (Å²) in [5.74, 6) is -2.52. The monoisotopic (exact) mass is 505 g/mol. The molecule has 0 bridgehead atoms. The van der Waals surface area contributed by atoms with Crippen molar-refractivity contribution in [2.24, 2.45) is 5.41 Å². The number of rotatable bonds is 3. The summed E-state index contributed by atoms with van der Waals surface area (Å²) < 4.78 is 15.6. The predicted molar refractivity (Wildman–Crippen MR) is 141 cm³/mol. The summed E-state index contributed by atoms with van der Waals surface area (Å²) >= 11 is 1.30. The van der Waals surface area contributed by atoms with Crippen LogP contribution in [-0.4, -0.2) is 29.4 Å². The first kappa shape index (κ1) is 22.1. The molecule has 2 aliphatic heterocycles. The van der Waals surface area contributed by atoms with Gasteiger partial charge < -0.3 is 4.90 Å². The van der Waals surface area contributed by atoms with Crippen molar-refractivity contribution in [1.82, 2.24) is 0 Å². The molecule has 0 saturated carbocycles. The number of benzene rings is 3. The summed E-state index contributed by atoms with van der Waals surface area (Å²) in [7, 11) is 0. The number of para-hydroxylation sites is 1. The van der Waals surface area contributed by atoms with Crippen LogP contribution in [0.5, 0.6) is 0 Å². The van der Waals surface area contributed by atoms with Crippen molar-refractivity contribution in [2.75, 3.05) is 4.90 Å². The fourth-order valence-corrected chi connectivity index (χ4v) is 7.25. The number of fused-ring (bicyclic) bond motifs is 5. The predicted octanol–water partition coefficient (Wildman–Crippen LogP) is 6.20. The molecule has 1 spiro atoms. The van der Waals surface area contributed by atoms with E-state index in [0.29, 0.717) is 16.0 Å². The molecule has 4 aromatic rings. The second-order valence-electron chi connectivity index (χ2n) is 9.63. The van der Waals surface area contributed by atoms with E-state index in [1.165, 1.54) is 17.4 Å². The van der Waals surface area contributed by atoms with E-state index in [1.807, 2.05) is 46.7 Å². The van der Waals surface area contributed by atoms with E-state index in [1.54, 1.807) is 54.6 Å². The summed E-state index contributed by atoms with van der Waals surface area (Å²) in [6, 6.07) is 22.4. The van der Waals surface area contributed by atoms with Crippen LogP contribution in [0.2, 0.25) is 0 Å². The molecular formula is C31H20FNO3S. The second-order valence-corrected chi connectivity index (χ2v) is 10.6. The van der Waals surface area contributed by atoms with Gasteiger partial charge in [-0.05, 0) is 34.7 Å². The zero-order chi connectivity index (χ0) is 25.3. The molecule has 0 unspecified atom stereocenters. The van der Waals surface area contributed by atoms with Crippen molar-refractivity contribution in [3.63, 3.8) is 0 Å². The van der Waals surface area contributed by atoms with E-state index in [9.17, 15) is 14.4 Å². The number of nitrogens with zero attached hydrogens (tertiary/aromatic N) is 1. The highest BCUT2D eigenvalue weighted by atomic mass is 32.1. The number of Topliss-reactive ketones (excluding diaryl/α,β-unsaturated/α-hetero) is 3. The first-order valence-corrected chi connectivity index (χ1v) is 13.0. The summed E-state index contributed by atoms with van der Waals surface area (Å²) in [5.41, 5.74) is 0.790. The summed E-state index contributed by atoms with van der Waals surface area (Å²) in [6.07, 6.45) is 3.75. The Morgan fingerprint density at radius 3 is 2.22 bits per heavy atom. The lowest BCUT2D eigenvalue weighted by atomic mass is 9.64. The Morgan fingerprint density at radius 2 is 1.51 bits per heavy atom. The lowest BCUT2D eigenvalue weighted by Crippen LogP contribution is -2.48. The Morgan fingerprint density at radius 1 is 0.838 bits per heavy atom. The quantitative estimate of drug-likeness (QED) is 0.246. The fraction of sp³-hybridized carbons (Fsp3) is 0.129. The normalized spacial score (nSPS) is 22.7. The summed E-state index contributed by atoms with van der Waals surface area (Å²) in [5, 5.41) is 1.82. The molecule has 180 valence electrons. The molecule has 0 N–H and O–H groups in total. The van der Waals surface area contributed by atoms with E-state index in [2.05, 4.69) is 0 Å². The zero-order valence-corrected chi connectivity index (χ0v) is 20.3. The molecule has 1 aromatic heterocycles. The molecule has 1 saturated heterocycles. The topological polar surface area (TPSA) is 54.5 Å². The summed E-state index contributed by atoms with van der Waals surface area (Å²) in [6.45, 7) is 0. The van der Waals surface area contributed by atoms with Gasteiger partial charge in [-0.15, -0.1) is 11.3 Å². The van der Waals surface area contributed by atoms with Crippen LogP contribution >= 0.6 is 11.3 Å². The van der Waals surface area contributed by atoms with Gasteiger partial charge in [-0.25, -0.2) is 4.39 Å². The van der Waals surface area contributed by atoms with Crippen molar-refractivity contribution in [3.8, 4) is 0 Å². The number of carbonyl (C=O) groups is 3. The number of thiophene rings is 1. The average molecular weight is 506 g/mol. The molecule has 0 amide bonds. The van der Waals surface area contributed by atoms with Gasteiger partial charge in [-0.2, -0.15) is 0 Å². The maximum Gasteiger partial charge on any atom is 0.195 e. The van der Waals surface area contributed by atoms with Crippen LogP contribution in [0.15, 0.2) is 96.4 Å². The third-order valence-electron chi connectivity index (χ3n) is 7.99. The highest BCUT2D eigenvalue weighted by Gasteiger charge is 2.71. The minimum Gasteiger partial charge on any atom is -0.352 e. The molecular weight excluding hydrogens is 485 g/mol. The second kappa shape index (κ2) is 7.92. The minimum absolute atomic E-state index is 0.201. The van der Waals surface area contributed by atoms with Gasteiger partial charge in [0.2, 0.25) is 0 Å². The van der Waals surface area contributed by atoms with Crippen molar-refractivity contribution < 1.29 is 18.8 Å². The maximum atomic E-state index is 15.6. The molecule has 37 heavy (non-hydrogen) atoms. The minimum atomic E-state index is -1.69. The molecule has 1 aliphatic carbocycles. The maximum absolute atomic E-state index is 15.6. The standard InChI is InChI=1S/C31H20FNO3S/c32-22-12-5-4-11-21(22)26-27(28(34)24-14-7-17-37-24)33-23-13-6-1-8-18(23)15-16-25(33)31(26)29(35)19-9-2-3-10-20(19)30(31)36/h1-17,25-27H/t25-,26+,27-/m0/s1. The Balaban J connectivity index is 1.58. The average Bonchev–Trinajstić information content (AvgIpc) is 3.62. The molecule has 3 atom stereocenters. The van der Waals surface area contributed by atoms with Gasteiger partial charge in [0.15, 0.2) is 17.3 Å². The molecule has 6 heteroatoms. The van der Waals surface area contributed by atoms with E-state index >= 15 is 4.39 Å². The Kier molecular flexibility index (Phi) is 4.72. The van der Waals surface area contributed by atoms with Crippen molar-refractivity contribution in [2.45, 2.75) is 18.0 Å². The van der Waals surface area contributed by atoms with Gasteiger partial charge in [-0.1, -0.05) is 78.9 Å². The Bertz CT molecular complexity index is 1600. The van der Waals surface area contributed by atoms with Crippen molar-refractivity contribution >= 4 is 40.4 Å². The smallest absolute Gasteiger partial charge is 0.195 e. The molecule has 3 aromatic carbocycles. The van der Waals surface area contributed by atoms with Crippen molar-refractivity contribution in [3.05, 3.63) is 129 Å². The lowest BCUT2D eigenvalue weighted by molar-refractivity contribution is 0.0664. The number of carbonyl (C=O) groups excluding carboxylic acids is 3. The molecule has 4 nitrogen and oxygen atoms in total. The first-order chi connectivity index (χ1) is 18.0. The van der Waals surface area contributed by atoms with E-state index in [4.69, 9.17) is 0 Å². The van der Waals surface area contributed by atoms with Crippen LogP contribution in [0.25, 0.3) is 6.08 Å². The molecule has 7 rings (SSSR count). The largest absolute Gasteiger partial charge is 0.352 e. The lowest BCUT2D eigenvalue weighted by Gasteiger charge is -2.37. The Labute approximate surface area is 216 Å². The Hall–Kier alpha value is -4.16. The molecule has 0 radical (unpaired) electrons. The van der Waals surface area contributed by atoms with Crippen LogP contribution in [-0.2, 0) is 0 Å². The van der Waals surface area contributed by atoms with Crippen LogP contribution in [0.4, 0.5) is 10.1 Å². The van der Waals surface area contributed by atoms with Gasteiger partial charge in [0.05, 0.1) is 10.9 Å². The number of halogens is 1. The van der Waals surface area contributed by atoms with E-state index in [-0.39, 0.29) is 22.9 Å². The van der Waals surface area contributed by atoms with Gasteiger partial charge in [0.25, 0.3) is 0 Å². The first-order valence-electron chi connectivity index (χ1n) is 12.1. The highest BCUT2D eigenvalue weighted by Crippen LogP contribution is 2.61. The number of hydrogen-bond donors (Lipinski definition) is 0. The number of hydrogen-bond acceptors (Lipinski definition) is 5. The number of ketones is 3. The third kappa shape index (κ3) is 2.79. The molecule has 3 heterocycles. The van der Waals surface area contributed by atoms with Crippen LogP contribution < -0.4 is 4.90 Å². The SMILES string of the molecule is O=C(c1cccs1)[C@@H]1[C@@H](c2ccccc2F)C2(C(=O)c3ccccc3C2=O)[C@@H]2C=Cc3ccccc3N12. The zero-order valence-electron chi connectivity index (χ0n) is 19.5. The van der Waals surface area contributed by atoms with Crippen LogP contribution in [0.3, 0.4) is 0 Å².